The zero-order valence-corrected chi connectivity index (χ0v) is 15.0. The lowest BCUT2D eigenvalue weighted by molar-refractivity contribution is 0.0119. The van der Waals surface area contributed by atoms with Crippen LogP contribution in [0.4, 0.5) is 0 Å². The molecule has 2 saturated heterocycles. The highest BCUT2D eigenvalue weighted by Gasteiger charge is 2.48. The molecule has 0 aliphatic carbocycles. The molecule has 2 unspecified atom stereocenters. The molecule has 0 amide bonds. The van der Waals surface area contributed by atoms with Gasteiger partial charge in [0.2, 0.25) is 12.2 Å². The maximum atomic E-state index is 11.0. The van der Waals surface area contributed by atoms with Gasteiger partial charge in [-0.15, -0.1) is 4.99 Å². The summed E-state index contributed by atoms with van der Waals surface area (Å²) < 4.78 is 0. The first-order valence-corrected chi connectivity index (χ1v) is 8.66. The highest BCUT2D eigenvalue weighted by Crippen LogP contribution is 2.41. The van der Waals surface area contributed by atoms with Gasteiger partial charge in [-0.2, -0.15) is 5.26 Å². The summed E-state index contributed by atoms with van der Waals surface area (Å²) in [6, 6.07) is 8.36. The number of nitriles is 1. The Labute approximate surface area is 149 Å². The molecule has 5 heteroatoms. The summed E-state index contributed by atoms with van der Waals surface area (Å²) in [5, 5.41) is 20.0. The van der Waals surface area contributed by atoms with Gasteiger partial charge >= 0.3 is 0 Å². The first kappa shape index (κ1) is 17.3. The van der Waals surface area contributed by atoms with Crippen LogP contribution in [0.5, 0.6) is 0 Å². The van der Waals surface area contributed by atoms with E-state index in [1.54, 1.807) is 0 Å². The molecule has 2 bridgehead atoms. The van der Waals surface area contributed by atoms with E-state index in [0.717, 1.165) is 24.0 Å². The van der Waals surface area contributed by atoms with Gasteiger partial charge < -0.3 is 14.9 Å². The fourth-order valence-corrected chi connectivity index (χ4v) is 4.00. The Morgan fingerprint density at radius 1 is 1.32 bits per heavy atom. The van der Waals surface area contributed by atoms with Gasteiger partial charge in [-0.3, -0.25) is 0 Å². The Hall–Kier alpha value is -2.50. The molecule has 130 valence electrons. The van der Waals surface area contributed by atoms with Gasteiger partial charge in [0.05, 0.1) is 0 Å². The average molecular weight is 336 g/mol. The van der Waals surface area contributed by atoms with Crippen molar-refractivity contribution in [3.63, 3.8) is 0 Å². The molecule has 1 aromatic carbocycles. The monoisotopic (exact) mass is 336 g/mol. The van der Waals surface area contributed by atoms with Crippen LogP contribution in [0.25, 0.3) is 0 Å². The van der Waals surface area contributed by atoms with Gasteiger partial charge in [0.25, 0.3) is 0 Å². The first-order chi connectivity index (χ1) is 11.9. The van der Waals surface area contributed by atoms with E-state index >= 15 is 0 Å². The number of hydrogen-bond acceptors (Lipinski definition) is 3. The highest BCUT2D eigenvalue weighted by atomic mass is 16.3. The molecule has 1 aromatic rings. The second kappa shape index (κ2) is 6.78. The lowest BCUT2D eigenvalue weighted by atomic mass is 9.86. The largest absolute Gasteiger partial charge is 0.377 e. The number of fused-ring (bicyclic) bond motifs is 2. The molecule has 2 fully saturated rings. The molecule has 5 nitrogen and oxygen atoms in total. The van der Waals surface area contributed by atoms with Crippen LogP contribution in [0.3, 0.4) is 0 Å². The molecular weight excluding hydrogens is 312 g/mol. The molecule has 0 spiro atoms. The molecule has 2 aliphatic heterocycles. The van der Waals surface area contributed by atoms with Crippen molar-refractivity contribution in [1.82, 2.24) is 9.80 Å². The Balaban J connectivity index is 1.82. The molecular formula is C20H24N4O. The summed E-state index contributed by atoms with van der Waals surface area (Å²) in [6.45, 7) is 2.04. The molecule has 25 heavy (non-hydrogen) atoms. The van der Waals surface area contributed by atoms with Gasteiger partial charge in [-0.25, -0.2) is 0 Å². The fraction of sp³-hybridized carbons (Fsp3) is 0.500. The number of rotatable bonds is 0. The second-order valence-electron chi connectivity index (χ2n) is 7.26. The number of guanidine groups is 1. The predicted octanol–water partition coefficient (Wildman–Crippen LogP) is 2.10. The summed E-state index contributed by atoms with van der Waals surface area (Å²) in [4.78, 5) is 8.07. The van der Waals surface area contributed by atoms with Gasteiger partial charge in [0.15, 0.2) is 0 Å². The zero-order valence-electron chi connectivity index (χ0n) is 15.0. The van der Waals surface area contributed by atoms with Gasteiger partial charge in [-0.1, -0.05) is 24.0 Å². The van der Waals surface area contributed by atoms with E-state index in [9.17, 15) is 5.11 Å². The van der Waals surface area contributed by atoms with E-state index in [4.69, 9.17) is 5.26 Å². The summed E-state index contributed by atoms with van der Waals surface area (Å²) in [6.07, 6.45) is 5.06. The van der Waals surface area contributed by atoms with Crippen molar-refractivity contribution in [3.05, 3.63) is 35.4 Å². The van der Waals surface area contributed by atoms with E-state index in [0.29, 0.717) is 18.8 Å². The molecule has 0 radical (unpaired) electrons. The minimum absolute atomic E-state index is 0.171. The van der Waals surface area contributed by atoms with E-state index in [2.05, 4.69) is 21.7 Å². The van der Waals surface area contributed by atoms with Gasteiger partial charge in [0.1, 0.15) is 5.60 Å². The van der Waals surface area contributed by atoms with Crippen molar-refractivity contribution in [1.29, 1.82) is 5.26 Å². The van der Waals surface area contributed by atoms with Crippen molar-refractivity contribution in [2.75, 3.05) is 14.1 Å². The van der Waals surface area contributed by atoms with Gasteiger partial charge in [0, 0.05) is 44.6 Å². The van der Waals surface area contributed by atoms with Crippen LogP contribution in [-0.2, 0) is 0 Å². The quantitative estimate of drug-likeness (QED) is 0.341. The number of piperidine rings is 1. The molecule has 3 rings (SSSR count). The van der Waals surface area contributed by atoms with Crippen molar-refractivity contribution in [2.45, 2.75) is 50.3 Å². The smallest absolute Gasteiger partial charge is 0.212 e. The lowest BCUT2D eigenvalue weighted by Crippen LogP contribution is -2.55. The number of benzene rings is 1. The van der Waals surface area contributed by atoms with Crippen LogP contribution < -0.4 is 0 Å². The third-order valence-electron chi connectivity index (χ3n) is 5.01. The van der Waals surface area contributed by atoms with E-state index in [1.807, 2.05) is 56.4 Å². The highest BCUT2D eigenvalue weighted by molar-refractivity contribution is 5.81. The number of hydrogen-bond donors (Lipinski definition) is 1. The summed E-state index contributed by atoms with van der Waals surface area (Å²) in [5.74, 6) is 6.95. The maximum absolute atomic E-state index is 11.0. The number of aliphatic hydroxyl groups is 1. The summed E-state index contributed by atoms with van der Waals surface area (Å²) in [5.41, 5.74) is 1.12. The standard InChI is InChI=1S/C20H24N4O/c1-15-5-4-6-16(11-15)9-10-20(25)12-17-7-8-18(13-20)24(17)19(22-14-21)23(2)3/h4-6,11,17-18,25H,7-8,12-13H2,1-3H3. The van der Waals surface area contributed by atoms with Crippen LogP contribution in [0.1, 0.15) is 36.8 Å². The van der Waals surface area contributed by atoms with Crippen molar-refractivity contribution >= 4 is 5.96 Å². The van der Waals surface area contributed by atoms with Crippen LogP contribution >= 0.6 is 0 Å². The minimum Gasteiger partial charge on any atom is -0.377 e. The van der Waals surface area contributed by atoms with Crippen molar-refractivity contribution in [2.24, 2.45) is 4.99 Å². The first-order valence-electron chi connectivity index (χ1n) is 8.66. The Kier molecular flexibility index (Phi) is 4.70. The molecule has 2 atom stereocenters. The summed E-state index contributed by atoms with van der Waals surface area (Å²) >= 11 is 0. The zero-order chi connectivity index (χ0) is 18.0. The van der Waals surface area contributed by atoms with E-state index in [-0.39, 0.29) is 12.1 Å². The summed E-state index contributed by atoms with van der Waals surface area (Å²) in [7, 11) is 3.79. The Morgan fingerprint density at radius 3 is 2.56 bits per heavy atom. The normalized spacial score (nSPS) is 28.1. The average Bonchev–Trinajstić information content (AvgIpc) is 2.82. The maximum Gasteiger partial charge on any atom is 0.212 e. The molecule has 0 aromatic heterocycles. The van der Waals surface area contributed by atoms with Crippen LogP contribution in [0.2, 0.25) is 0 Å². The van der Waals surface area contributed by atoms with Crippen molar-refractivity contribution in [3.8, 4) is 18.0 Å². The van der Waals surface area contributed by atoms with Crippen LogP contribution in [0.15, 0.2) is 29.3 Å². The van der Waals surface area contributed by atoms with Crippen LogP contribution in [0, 0.1) is 30.2 Å². The van der Waals surface area contributed by atoms with E-state index in [1.165, 1.54) is 0 Å². The number of aryl methyl sites for hydroxylation is 1. The Morgan fingerprint density at radius 2 is 2.00 bits per heavy atom. The third-order valence-corrected chi connectivity index (χ3v) is 5.01. The molecule has 2 heterocycles. The topological polar surface area (TPSA) is 62.9 Å². The van der Waals surface area contributed by atoms with Crippen molar-refractivity contribution < 1.29 is 5.11 Å². The molecule has 2 aliphatic rings. The minimum atomic E-state index is -0.976. The number of aliphatic imine (C=N–C) groups is 1. The van der Waals surface area contributed by atoms with Gasteiger partial charge in [-0.05, 0) is 37.5 Å². The third kappa shape index (κ3) is 3.62. The number of nitrogens with zero attached hydrogens (tertiary/aromatic N) is 4. The van der Waals surface area contributed by atoms with Crippen LogP contribution in [-0.4, -0.2) is 52.6 Å². The fourth-order valence-electron chi connectivity index (χ4n) is 4.00. The SMILES string of the molecule is Cc1cccc(C#CC2(O)CC3CCC(C2)N3C(=NC#N)N(C)C)c1. The molecule has 0 saturated carbocycles. The van der Waals surface area contributed by atoms with E-state index < -0.39 is 5.60 Å². The second-order valence-corrected chi connectivity index (χ2v) is 7.26. The lowest BCUT2D eigenvalue weighted by Gasteiger charge is -2.44. The predicted molar refractivity (Wildman–Crippen MR) is 97.6 cm³/mol. The molecule has 1 N–H and O–H groups in total. The Bertz CT molecular complexity index is 767.